The molecule has 1 atom stereocenters. The third-order valence-electron chi connectivity index (χ3n) is 5.23. The predicted molar refractivity (Wildman–Crippen MR) is 124 cm³/mol. The van der Waals surface area contributed by atoms with E-state index in [2.05, 4.69) is 20.3 Å². The minimum absolute atomic E-state index is 0.00704. The van der Waals surface area contributed by atoms with Gasteiger partial charge in [-0.3, -0.25) is 14.3 Å². The molecule has 0 saturated heterocycles. The van der Waals surface area contributed by atoms with Gasteiger partial charge >= 0.3 is 0 Å². The molecule has 0 aliphatic rings. The molecule has 0 radical (unpaired) electrons. The van der Waals surface area contributed by atoms with Gasteiger partial charge in [-0.25, -0.2) is 14.5 Å². The van der Waals surface area contributed by atoms with Crippen molar-refractivity contribution in [3.8, 4) is 22.6 Å². The molecule has 0 fully saturated rings. The first-order chi connectivity index (χ1) is 16.0. The van der Waals surface area contributed by atoms with Crippen molar-refractivity contribution >= 4 is 17.2 Å². The van der Waals surface area contributed by atoms with Crippen LogP contribution in [0, 0.1) is 0 Å². The molecule has 1 aromatic carbocycles. The summed E-state index contributed by atoms with van der Waals surface area (Å²) in [6.45, 7) is 1.87. The molecule has 0 aliphatic carbocycles. The number of hydrogen-bond acceptors (Lipinski definition) is 8. The van der Waals surface area contributed by atoms with Gasteiger partial charge in [0.05, 0.1) is 23.5 Å². The molecule has 164 valence electrons. The highest BCUT2D eigenvalue weighted by molar-refractivity contribution is 5.83. The zero-order chi connectivity index (χ0) is 22.9. The lowest BCUT2D eigenvalue weighted by atomic mass is 10.1. The van der Waals surface area contributed by atoms with Crippen LogP contribution in [-0.2, 0) is 0 Å². The molecule has 0 amide bonds. The molecule has 33 heavy (non-hydrogen) atoms. The Morgan fingerprint density at radius 3 is 2.70 bits per heavy atom. The molecule has 0 aliphatic heterocycles. The number of nitrogens with two attached hydrogens (primary N) is 1. The van der Waals surface area contributed by atoms with E-state index >= 15 is 0 Å². The molecule has 4 aromatic heterocycles. The van der Waals surface area contributed by atoms with Crippen LogP contribution in [0.3, 0.4) is 0 Å². The van der Waals surface area contributed by atoms with E-state index in [0.29, 0.717) is 34.0 Å². The number of aromatic nitrogens is 6. The maximum Gasteiger partial charge on any atom is 0.282 e. The van der Waals surface area contributed by atoms with E-state index in [0.717, 1.165) is 0 Å². The van der Waals surface area contributed by atoms with E-state index in [1.807, 2.05) is 37.3 Å². The van der Waals surface area contributed by atoms with Gasteiger partial charge in [-0.1, -0.05) is 18.2 Å². The fraction of sp³-hybridized carbons (Fsp3) is 0.0870. The number of pyridine rings is 1. The molecule has 10 nitrogen and oxygen atoms in total. The Bertz CT molecular complexity index is 1510. The summed E-state index contributed by atoms with van der Waals surface area (Å²) >= 11 is 0. The van der Waals surface area contributed by atoms with Crippen LogP contribution in [0.1, 0.15) is 18.8 Å². The van der Waals surface area contributed by atoms with Crippen molar-refractivity contribution in [1.29, 1.82) is 0 Å². The molecule has 0 spiro atoms. The van der Waals surface area contributed by atoms with Crippen LogP contribution in [-0.4, -0.2) is 34.2 Å². The lowest BCUT2D eigenvalue weighted by Gasteiger charge is -2.21. The Labute approximate surface area is 188 Å². The first kappa shape index (κ1) is 20.2. The molecule has 1 unspecified atom stereocenters. The van der Waals surface area contributed by atoms with Gasteiger partial charge in [0.2, 0.25) is 0 Å². The van der Waals surface area contributed by atoms with Gasteiger partial charge < -0.3 is 16.2 Å². The summed E-state index contributed by atoms with van der Waals surface area (Å²) in [5.74, 6) is 1.12. The van der Waals surface area contributed by atoms with E-state index in [1.54, 1.807) is 33.6 Å². The van der Waals surface area contributed by atoms with E-state index < -0.39 is 6.04 Å². The molecule has 0 saturated carbocycles. The van der Waals surface area contributed by atoms with Gasteiger partial charge in [0, 0.05) is 18.0 Å². The maximum atomic E-state index is 13.3. The highest BCUT2D eigenvalue weighted by Gasteiger charge is 2.21. The number of hydrogen-bond donors (Lipinski definition) is 3. The second kappa shape index (κ2) is 8.08. The SMILES string of the molecule is CC(Nc1ncnc(N)c1-c1cncc(O)c1)c1nn2cccc2c(=O)n1-c1ccccc1. The van der Waals surface area contributed by atoms with Crippen molar-refractivity contribution in [1.82, 2.24) is 29.1 Å². The standard InChI is InChI=1S/C23H20N8O2/c1-14(28-21-19(20(24)26-13-27-21)15-10-17(32)12-25-11-15)22-29-30-9-5-8-18(30)23(33)31(22)16-6-3-2-4-7-16/h2-14,32H,1H3,(H3,24,26,27,28). The maximum absolute atomic E-state index is 13.3. The summed E-state index contributed by atoms with van der Waals surface area (Å²) in [6, 6.07) is 13.9. The van der Waals surface area contributed by atoms with Crippen LogP contribution in [0.25, 0.3) is 22.3 Å². The van der Waals surface area contributed by atoms with Crippen LogP contribution >= 0.6 is 0 Å². The zero-order valence-corrected chi connectivity index (χ0v) is 17.6. The number of fused-ring (bicyclic) bond motifs is 1. The summed E-state index contributed by atoms with van der Waals surface area (Å²) in [7, 11) is 0. The summed E-state index contributed by atoms with van der Waals surface area (Å²) in [6.07, 6.45) is 5.97. The van der Waals surface area contributed by atoms with Crippen molar-refractivity contribution in [2.75, 3.05) is 11.1 Å². The van der Waals surface area contributed by atoms with E-state index in [1.165, 1.54) is 18.6 Å². The topological polar surface area (TPSA) is 136 Å². The Morgan fingerprint density at radius 1 is 1.09 bits per heavy atom. The summed E-state index contributed by atoms with van der Waals surface area (Å²) in [5.41, 5.74) is 8.16. The lowest BCUT2D eigenvalue weighted by Crippen LogP contribution is -2.29. The van der Waals surface area contributed by atoms with E-state index in [4.69, 9.17) is 10.8 Å². The van der Waals surface area contributed by atoms with E-state index in [-0.39, 0.29) is 17.1 Å². The van der Waals surface area contributed by atoms with Crippen molar-refractivity contribution in [2.45, 2.75) is 13.0 Å². The largest absolute Gasteiger partial charge is 0.506 e. The average Bonchev–Trinajstić information content (AvgIpc) is 3.29. The van der Waals surface area contributed by atoms with Gasteiger partial charge in [-0.05, 0) is 37.3 Å². The summed E-state index contributed by atoms with van der Waals surface area (Å²) in [5, 5.41) is 17.9. The minimum Gasteiger partial charge on any atom is -0.506 e. The van der Waals surface area contributed by atoms with Gasteiger partial charge in [0.1, 0.15) is 29.2 Å². The van der Waals surface area contributed by atoms with Crippen LogP contribution in [0.15, 0.2) is 78.2 Å². The number of nitrogens with one attached hydrogen (secondary N) is 1. The molecule has 5 aromatic rings. The quantitative estimate of drug-likeness (QED) is 0.379. The third-order valence-corrected chi connectivity index (χ3v) is 5.23. The van der Waals surface area contributed by atoms with Crippen LogP contribution in [0.5, 0.6) is 5.75 Å². The van der Waals surface area contributed by atoms with Crippen molar-refractivity contribution < 1.29 is 5.11 Å². The second-order valence-corrected chi connectivity index (χ2v) is 7.45. The molecule has 4 heterocycles. The van der Waals surface area contributed by atoms with Crippen LogP contribution in [0.2, 0.25) is 0 Å². The van der Waals surface area contributed by atoms with E-state index in [9.17, 15) is 9.90 Å². The molecular weight excluding hydrogens is 420 g/mol. The summed E-state index contributed by atoms with van der Waals surface area (Å²) in [4.78, 5) is 25.8. The number of nitrogen functional groups attached to an aromatic ring is 1. The first-order valence-electron chi connectivity index (χ1n) is 10.2. The molecule has 10 heteroatoms. The van der Waals surface area contributed by atoms with Crippen LogP contribution < -0.4 is 16.6 Å². The summed E-state index contributed by atoms with van der Waals surface area (Å²) < 4.78 is 3.14. The number of benzene rings is 1. The number of anilines is 2. The lowest BCUT2D eigenvalue weighted by molar-refractivity contribution is 0.473. The van der Waals surface area contributed by atoms with Crippen molar-refractivity contribution in [3.05, 3.63) is 89.6 Å². The fourth-order valence-corrected chi connectivity index (χ4v) is 3.74. The van der Waals surface area contributed by atoms with Gasteiger partial charge in [0.15, 0.2) is 5.82 Å². The Kier molecular flexibility index (Phi) is 4.94. The van der Waals surface area contributed by atoms with Crippen molar-refractivity contribution in [2.24, 2.45) is 0 Å². The Balaban J connectivity index is 1.64. The number of nitrogens with zero attached hydrogens (tertiary/aromatic N) is 6. The van der Waals surface area contributed by atoms with Crippen molar-refractivity contribution in [3.63, 3.8) is 0 Å². The second-order valence-electron chi connectivity index (χ2n) is 7.45. The number of para-hydroxylation sites is 1. The molecule has 5 rings (SSSR count). The molecule has 0 bridgehead atoms. The zero-order valence-electron chi connectivity index (χ0n) is 17.6. The fourth-order valence-electron chi connectivity index (χ4n) is 3.74. The third kappa shape index (κ3) is 3.63. The van der Waals surface area contributed by atoms with Crippen LogP contribution in [0.4, 0.5) is 11.6 Å². The predicted octanol–water partition coefficient (Wildman–Crippen LogP) is 2.80. The monoisotopic (exact) mass is 440 g/mol. The highest BCUT2D eigenvalue weighted by atomic mass is 16.3. The molecular formula is C23H20N8O2. The number of rotatable bonds is 5. The average molecular weight is 440 g/mol. The number of aromatic hydroxyl groups is 1. The molecule has 4 N–H and O–H groups in total. The van der Waals surface area contributed by atoms with Gasteiger partial charge in [-0.2, -0.15) is 5.10 Å². The van der Waals surface area contributed by atoms with Gasteiger partial charge in [0.25, 0.3) is 5.56 Å². The Morgan fingerprint density at radius 2 is 1.91 bits per heavy atom. The smallest absolute Gasteiger partial charge is 0.282 e. The minimum atomic E-state index is -0.456. The Hall–Kier alpha value is -4.73. The van der Waals surface area contributed by atoms with Gasteiger partial charge in [-0.15, -0.1) is 0 Å². The first-order valence-corrected chi connectivity index (χ1v) is 10.2. The normalized spacial score (nSPS) is 12.0. The highest BCUT2D eigenvalue weighted by Crippen LogP contribution is 2.33.